The van der Waals surface area contributed by atoms with Gasteiger partial charge in [-0.15, -0.1) is 0 Å². The van der Waals surface area contributed by atoms with Gasteiger partial charge >= 0.3 is 0 Å². The average Bonchev–Trinajstić information content (AvgIpc) is 3.09. The zero-order chi connectivity index (χ0) is 21.0. The molecule has 1 aliphatic rings. The molecule has 0 N–H and O–H groups in total. The Labute approximate surface area is 172 Å². The van der Waals surface area contributed by atoms with E-state index in [1.165, 1.54) is 12.1 Å². The lowest BCUT2D eigenvalue weighted by Gasteiger charge is -2.35. The monoisotopic (exact) mass is 402 g/mol. The van der Waals surface area contributed by atoms with Gasteiger partial charge in [-0.1, -0.05) is 32.9 Å². The van der Waals surface area contributed by atoms with Crippen molar-refractivity contribution in [1.82, 2.24) is 19.9 Å². The number of benzene rings is 1. The molecule has 29 heavy (non-hydrogen) atoms. The summed E-state index contributed by atoms with van der Waals surface area (Å²) in [5.41, 5.74) is 0.945. The molecule has 1 aliphatic heterocycles. The van der Waals surface area contributed by atoms with Gasteiger partial charge in [0, 0.05) is 38.2 Å². The van der Waals surface area contributed by atoms with E-state index in [-0.39, 0.29) is 17.1 Å². The topological polar surface area (TPSA) is 62.5 Å². The molecule has 0 aliphatic carbocycles. The van der Waals surface area contributed by atoms with Crippen molar-refractivity contribution < 1.29 is 13.7 Å². The summed E-state index contributed by atoms with van der Waals surface area (Å²) >= 11 is 0. The standard InChI is InChI=1S/C22H31FN4O2/c1-16(14-22(2,3)4)13-20(28)27-11-9-26(10-12-27)15-19-24-21(29-25-19)17-5-7-18(23)8-6-17/h5-8,16H,9-15H2,1-4H3. The molecular formula is C22H31FN4O2. The normalized spacial score (nSPS) is 16.8. The molecule has 1 atom stereocenters. The molecule has 158 valence electrons. The van der Waals surface area contributed by atoms with Gasteiger partial charge in [0.15, 0.2) is 5.82 Å². The summed E-state index contributed by atoms with van der Waals surface area (Å²) in [6, 6.07) is 5.99. The van der Waals surface area contributed by atoms with Crippen LogP contribution in [0.2, 0.25) is 0 Å². The maximum Gasteiger partial charge on any atom is 0.257 e. The van der Waals surface area contributed by atoms with Crippen LogP contribution in [0.4, 0.5) is 4.39 Å². The molecule has 1 unspecified atom stereocenters. The lowest BCUT2D eigenvalue weighted by atomic mass is 9.84. The van der Waals surface area contributed by atoms with Crippen LogP contribution in [0.15, 0.2) is 28.8 Å². The van der Waals surface area contributed by atoms with Crippen molar-refractivity contribution in [2.24, 2.45) is 11.3 Å². The minimum Gasteiger partial charge on any atom is -0.340 e. The second-order valence-corrected chi connectivity index (χ2v) is 9.25. The van der Waals surface area contributed by atoms with Crippen molar-refractivity contribution in [3.05, 3.63) is 35.9 Å². The molecule has 1 fully saturated rings. The average molecular weight is 403 g/mol. The third-order valence-electron chi connectivity index (χ3n) is 5.13. The summed E-state index contributed by atoms with van der Waals surface area (Å²) in [6.45, 7) is 12.4. The van der Waals surface area contributed by atoms with Crippen molar-refractivity contribution in [2.75, 3.05) is 26.2 Å². The summed E-state index contributed by atoms with van der Waals surface area (Å²) in [7, 11) is 0. The van der Waals surface area contributed by atoms with Gasteiger partial charge in [0.05, 0.1) is 6.54 Å². The summed E-state index contributed by atoms with van der Waals surface area (Å²) in [6.07, 6.45) is 1.66. The van der Waals surface area contributed by atoms with E-state index in [1.54, 1.807) is 12.1 Å². The van der Waals surface area contributed by atoms with Gasteiger partial charge in [0.1, 0.15) is 5.82 Å². The minimum atomic E-state index is -0.297. The lowest BCUT2D eigenvalue weighted by Crippen LogP contribution is -2.48. The maximum absolute atomic E-state index is 13.0. The highest BCUT2D eigenvalue weighted by atomic mass is 19.1. The smallest absolute Gasteiger partial charge is 0.257 e. The van der Waals surface area contributed by atoms with Crippen LogP contribution >= 0.6 is 0 Å². The van der Waals surface area contributed by atoms with Crippen molar-refractivity contribution in [1.29, 1.82) is 0 Å². The second kappa shape index (κ2) is 9.03. The van der Waals surface area contributed by atoms with Crippen molar-refractivity contribution in [3.8, 4) is 11.5 Å². The Morgan fingerprint density at radius 2 is 1.83 bits per heavy atom. The van der Waals surface area contributed by atoms with Crippen LogP contribution in [0.25, 0.3) is 11.5 Å². The van der Waals surface area contributed by atoms with E-state index in [2.05, 4.69) is 42.7 Å². The van der Waals surface area contributed by atoms with Crippen LogP contribution in [0.5, 0.6) is 0 Å². The predicted molar refractivity (Wildman–Crippen MR) is 109 cm³/mol. The predicted octanol–water partition coefficient (Wildman–Crippen LogP) is 3.98. The number of carbonyl (C=O) groups is 1. The minimum absolute atomic E-state index is 0.246. The fourth-order valence-electron chi connectivity index (χ4n) is 3.93. The molecular weight excluding hydrogens is 371 g/mol. The Kier molecular flexibility index (Phi) is 6.67. The number of piperazine rings is 1. The summed E-state index contributed by atoms with van der Waals surface area (Å²) in [5, 5.41) is 4.03. The van der Waals surface area contributed by atoms with E-state index >= 15 is 0 Å². The van der Waals surface area contributed by atoms with Crippen LogP contribution in [-0.4, -0.2) is 52.0 Å². The Bertz CT molecular complexity index is 805. The van der Waals surface area contributed by atoms with E-state index < -0.39 is 0 Å². The zero-order valence-electron chi connectivity index (χ0n) is 17.8. The molecule has 0 spiro atoms. The number of hydrogen-bond donors (Lipinski definition) is 0. The van der Waals surface area contributed by atoms with Crippen molar-refractivity contribution >= 4 is 5.91 Å². The van der Waals surface area contributed by atoms with Crippen LogP contribution in [0.3, 0.4) is 0 Å². The Balaban J connectivity index is 1.46. The number of halogens is 1. The van der Waals surface area contributed by atoms with Gasteiger partial charge in [0.25, 0.3) is 5.89 Å². The fourth-order valence-corrected chi connectivity index (χ4v) is 3.93. The van der Waals surface area contributed by atoms with Crippen LogP contribution in [-0.2, 0) is 11.3 Å². The molecule has 7 heteroatoms. The molecule has 2 heterocycles. The number of amides is 1. The van der Waals surface area contributed by atoms with E-state index in [4.69, 9.17) is 4.52 Å². The SMILES string of the molecule is CC(CC(=O)N1CCN(Cc2noc(-c3ccc(F)cc3)n2)CC1)CC(C)(C)C. The highest BCUT2D eigenvalue weighted by Crippen LogP contribution is 2.26. The number of carbonyl (C=O) groups excluding carboxylic acids is 1. The third kappa shape index (κ3) is 6.35. The highest BCUT2D eigenvalue weighted by Gasteiger charge is 2.25. The van der Waals surface area contributed by atoms with Crippen molar-refractivity contribution in [3.63, 3.8) is 0 Å². The third-order valence-corrected chi connectivity index (χ3v) is 5.13. The molecule has 0 radical (unpaired) electrons. The maximum atomic E-state index is 13.0. The van der Waals surface area contributed by atoms with Gasteiger partial charge in [0.2, 0.25) is 5.91 Å². The summed E-state index contributed by atoms with van der Waals surface area (Å²) in [4.78, 5) is 21.2. The van der Waals surface area contributed by atoms with Gasteiger partial charge in [-0.25, -0.2) is 4.39 Å². The number of rotatable bonds is 6. The van der Waals surface area contributed by atoms with E-state index in [9.17, 15) is 9.18 Å². The molecule has 1 aromatic heterocycles. The first-order valence-electron chi connectivity index (χ1n) is 10.3. The molecule has 1 amide bonds. The Hall–Kier alpha value is -2.28. The summed E-state index contributed by atoms with van der Waals surface area (Å²) < 4.78 is 18.3. The van der Waals surface area contributed by atoms with E-state index in [0.29, 0.717) is 36.2 Å². The van der Waals surface area contributed by atoms with Gasteiger partial charge < -0.3 is 9.42 Å². The van der Waals surface area contributed by atoms with Crippen LogP contribution < -0.4 is 0 Å². The molecule has 1 saturated heterocycles. The number of aromatic nitrogens is 2. The van der Waals surface area contributed by atoms with Gasteiger partial charge in [-0.2, -0.15) is 4.98 Å². The molecule has 2 aromatic rings. The first-order chi connectivity index (χ1) is 13.7. The van der Waals surface area contributed by atoms with Crippen LogP contribution in [0, 0.1) is 17.2 Å². The summed E-state index contributed by atoms with van der Waals surface area (Å²) in [5.74, 6) is 1.34. The second-order valence-electron chi connectivity index (χ2n) is 9.25. The molecule has 6 nitrogen and oxygen atoms in total. The fraction of sp³-hybridized carbons (Fsp3) is 0.591. The highest BCUT2D eigenvalue weighted by molar-refractivity contribution is 5.76. The van der Waals surface area contributed by atoms with Gasteiger partial charge in [-0.05, 0) is 42.0 Å². The van der Waals surface area contributed by atoms with Crippen molar-refractivity contribution in [2.45, 2.75) is 47.1 Å². The Morgan fingerprint density at radius 1 is 1.17 bits per heavy atom. The van der Waals surface area contributed by atoms with E-state index in [1.807, 2.05) is 4.90 Å². The quantitative estimate of drug-likeness (QED) is 0.731. The number of nitrogens with zero attached hydrogens (tertiary/aromatic N) is 4. The first-order valence-corrected chi connectivity index (χ1v) is 10.3. The first kappa shape index (κ1) is 21.4. The zero-order valence-corrected chi connectivity index (χ0v) is 17.8. The number of hydrogen-bond acceptors (Lipinski definition) is 5. The lowest BCUT2D eigenvalue weighted by molar-refractivity contribution is -0.134. The molecule has 3 rings (SSSR count). The van der Waals surface area contributed by atoms with Crippen LogP contribution in [0.1, 0.15) is 46.4 Å². The molecule has 1 aromatic carbocycles. The van der Waals surface area contributed by atoms with E-state index in [0.717, 1.165) is 32.6 Å². The largest absolute Gasteiger partial charge is 0.340 e. The Morgan fingerprint density at radius 3 is 2.45 bits per heavy atom. The molecule has 0 bridgehead atoms. The molecule has 0 saturated carbocycles. The van der Waals surface area contributed by atoms with Gasteiger partial charge in [-0.3, -0.25) is 9.69 Å².